The lowest BCUT2D eigenvalue weighted by atomic mass is 10.1. The van der Waals surface area contributed by atoms with Gasteiger partial charge >= 0.3 is 0 Å². The third-order valence-electron chi connectivity index (χ3n) is 3.15. The number of nitrogens with zero attached hydrogens (tertiary/aromatic N) is 1. The topological polar surface area (TPSA) is 35.5 Å². The molecule has 0 radical (unpaired) electrons. The summed E-state index contributed by atoms with van der Waals surface area (Å²) in [6.45, 7) is 2.98. The molecule has 1 unspecified atom stereocenters. The van der Waals surface area contributed by atoms with Gasteiger partial charge in [-0.25, -0.2) is 4.39 Å². The Morgan fingerprint density at radius 1 is 1.50 bits per heavy atom. The van der Waals surface area contributed by atoms with E-state index in [1.165, 1.54) is 18.9 Å². The molecule has 1 aliphatic rings. The van der Waals surface area contributed by atoms with Crippen LogP contribution >= 0.6 is 0 Å². The Kier molecular flexibility index (Phi) is 4.19. The molecule has 1 aromatic rings. The van der Waals surface area contributed by atoms with Gasteiger partial charge in [0, 0.05) is 31.9 Å². The second-order valence-corrected chi connectivity index (χ2v) is 5.16. The summed E-state index contributed by atoms with van der Waals surface area (Å²) in [5.74, 6) is -0.211. The summed E-state index contributed by atoms with van der Waals surface area (Å²) in [6.07, 6.45) is 2.03. The van der Waals surface area contributed by atoms with Crippen LogP contribution in [0.2, 0.25) is 0 Å². The Morgan fingerprint density at radius 3 is 2.83 bits per heavy atom. The fourth-order valence-electron chi connectivity index (χ4n) is 2.10. The minimum atomic E-state index is -0.399. The Balaban J connectivity index is 2.10. The van der Waals surface area contributed by atoms with E-state index < -0.39 is 6.10 Å². The number of aliphatic hydroxyl groups is 1. The maximum absolute atomic E-state index is 13.3. The van der Waals surface area contributed by atoms with E-state index in [4.69, 9.17) is 0 Å². The summed E-state index contributed by atoms with van der Waals surface area (Å²) >= 11 is 0. The maximum atomic E-state index is 13.3. The van der Waals surface area contributed by atoms with E-state index in [2.05, 4.69) is 5.32 Å². The highest BCUT2D eigenvalue weighted by molar-refractivity contribution is 5.53. The van der Waals surface area contributed by atoms with E-state index >= 15 is 0 Å². The predicted octanol–water partition coefficient (Wildman–Crippen LogP) is 1.89. The van der Waals surface area contributed by atoms with Gasteiger partial charge in [0.1, 0.15) is 5.82 Å². The molecular weight excluding hydrogens is 231 g/mol. The molecule has 0 spiro atoms. The summed E-state index contributed by atoms with van der Waals surface area (Å²) < 4.78 is 13.3. The fraction of sp³-hybridized carbons (Fsp3) is 0.571. The van der Waals surface area contributed by atoms with Gasteiger partial charge in [-0.3, -0.25) is 0 Å². The molecule has 0 amide bonds. The van der Waals surface area contributed by atoms with Gasteiger partial charge in [-0.2, -0.15) is 0 Å². The molecule has 0 heterocycles. The van der Waals surface area contributed by atoms with Crippen LogP contribution in [0.15, 0.2) is 18.2 Å². The Bertz CT molecular complexity index is 405. The molecule has 100 valence electrons. The average molecular weight is 252 g/mol. The van der Waals surface area contributed by atoms with E-state index in [9.17, 15) is 9.50 Å². The number of anilines is 1. The molecule has 1 aromatic carbocycles. The zero-order valence-electron chi connectivity index (χ0n) is 11.0. The second kappa shape index (κ2) is 5.67. The van der Waals surface area contributed by atoms with Crippen molar-refractivity contribution < 1.29 is 9.50 Å². The van der Waals surface area contributed by atoms with Gasteiger partial charge in [-0.1, -0.05) is 0 Å². The van der Waals surface area contributed by atoms with Crippen LogP contribution in [0.5, 0.6) is 0 Å². The zero-order chi connectivity index (χ0) is 13.1. The normalized spacial score (nSPS) is 16.7. The highest BCUT2D eigenvalue weighted by Crippen LogP contribution is 2.24. The van der Waals surface area contributed by atoms with Crippen molar-refractivity contribution in [3.63, 3.8) is 0 Å². The minimum Gasteiger partial charge on any atom is -0.392 e. The van der Waals surface area contributed by atoms with Crippen molar-refractivity contribution in [1.82, 2.24) is 5.32 Å². The summed E-state index contributed by atoms with van der Waals surface area (Å²) in [4.78, 5) is 1.97. The van der Waals surface area contributed by atoms with Crippen molar-refractivity contribution in [1.29, 1.82) is 0 Å². The van der Waals surface area contributed by atoms with Crippen LogP contribution in [0.1, 0.15) is 25.3 Å². The number of aliphatic hydroxyl groups excluding tert-OH is 1. The predicted molar refractivity (Wildman–Crippen MR) is 71.2 cm³/mol. The van der Waals surface area contributed by atoms with Gasteiger partial charge in [-0.15, -0.1) is 0 Å². The van der Waals surface area contributed by atoms with E-state index in [0.29, 0.717) is 19.1 Å². The third-order valence-corrected chi connectivity index (χ3v) is 3.15. The highest BCUT2D eigenvalue weighted by atomic mass is 19.1. The van der Waals surface area contributed by atoms with Crippen LogP contribution in [0.3, 0.4) is 0 Å². The van der Waals surface area contributed by atoms with Gasteiger partial charge in [0.05, 0.1) is 6.10 Å². The largest absolute Gasteiger partial charge is 0.392 e. The van der Waals surface area contributed by atoms with E-state index in [1.807, 2.05) is 11.9 Å². The molecule has 1 fully saturated rings. The molecule has 0 aromatic heterocycles. The Morgan fingerprint density at radius 2 is 2.22 bits per heavy atom. The van der Waals surface area contributed by atoms with Crippen LogP contribution < -0.4 is 10.2 Å². The maximum Gasteiger partial charge on any atom is 0.123 e. The third kappa shape index (κ3) is 3.68. The van der Waals surface area contributed by atoms with Gasteiger partial charge in [-0.05, 0) is 43.5 Å². The number of nitrogens with one attached hydrogen (secondary N) is 1. The first kappa shape index (κ1) is 13.3. The first-order chi connectivity index (χ1) is 8.56. The van der Waals surface area contributed by atoms with Crippen LogP contribution in [0, 0.1) is 5.82 Å². The lowest BCUT2D eigenvalue weighted by Gasteiger charge is -2.24. The number of rotatable bonds is 6. The van der Waals surface area contributed by atoms with Gasteiger partial charge in [0.25, 0.3) is 0 Å². The van der Waals surface area contributed by atoms with E-state index in [0.717, 1.165) is 11.3 Å². The van der Waals surface area contributed by atoms with Gasteiger partial charge in [0.2, 0.25) is 0 Å². The average Bonchev–Trinajstić information content (AvgIpc) is 3.09. The SMILES string of the molecule is CC(O)CN(C)c1ccc(F)cc1CNC1CC1. The Labute approximate surface area is 108 Å². The summed E-state index contributed by atoms with van der Waals surface area (Å²) in [5, 5.41) is 12.8. The lowest BCUT2D eigenvalue weighted by molar-refractivity contribution is 0.201. The van der Waals surface area contributed by atoms with Crippen molar-refractivity contribution in [2.75, 3.05) is 18.5 Å². The number of hydrogen-bond donors (Lipinski definition) is 2. The molecule has 4 heteroatoms. The van der Waals surface area contributed by atoms with Crippen molar-refractivity contribution >= 4 is 5.69 Å². The minimum absolute atomic E-state index is 0.211. The molecule has 2 rings (SSSR count). The van der Waals surface area contributed by atoms with Crippen molar-refractivity contribution in [3.8, 4) is 0 Å². The molecule has 18 heavy (non-hydrogen) atoms. The summed E-state index contributed by atoms with van der Waals surface area (Å²) in [7, 11) is 1.92. The van der Waals surface area contributed by atoms with Crippen molar-refractivity contribution in [2.45, 2.75) is 38.5 Å². The standard InChI is InChI=1S/C14H21FN2O/c1-10(18)9-17(2)14-6-3-12(15)7-11(14)8-16-13-4-5-13/h3,6-7,10,13,16,18H,4-5,8-9H2,1-2H3. The molecule has 3 nitrogen and oxygen atoms in total. The monoisotopic (exact) mass is 252 g/mol. The molecule has 0 saturated heterocycles. The van der Waals surface area contributed by atoms with E-state index in [-0.39, 0.29) is 5.82 Å². The van der Waals surface area contributed by atoms with Gasteiger partial charge < -0.3 is 15.3 Å². The molecule has 1 aliphatic carbocycles. The van der Waals surface area contributed by atoms with Crippen LogP contribution in [0.25, 0.3) is 0 Å². The molecule has 1 atom stereocenters. The molecule has 2 N–H and O–H groups in total. The highest BCUT2D eigenvalue weighted by Gasteiger charge is 2.21. The quantitative estimate of drug-likeness (QED) is 0.811. The lowest BCUT2D eigenvalue weighted by Crippen LogP contribution is -2.28. The number of benzene rings is 1. The molecule has 1 saturated carbocycles. The fourth-order valence-corrected chi connectivity index (χ4v) is 2.10. The van der Waals surface area contributed by atoms with Crippen LogP contribution in [-0.2, 0) is 6.54 Å². The molecule has 0 aliphatic heterocycles. The number of hydrogen-bond acceptors (Lipinski definition) is 3. The molecular formula is C14H21FN2O. The molecule has 0 bridgehead atoms. The zero-order valence-corrected chi connectivity index (χ0v) is 11.0. The van der Waals surface area contributed by atoms with E-state index in [1.54, 1.807) is 19.1 Å². The van der Waals surface area contributed by atoms with Crippen LogP contribution in [0.4, 0.5) is 10.1 Å². The first-order valence-electron chi connectivity index (χ1n) is 6.47. The van der Waals surface area contributed by atoms with Crippen molar-refractivity contribution in [2.24, 2.45) is 0 Å². The van der Waals surface area contributed by atoms with Crippen molar-refractivity contribution in [3.05, 3.63) is 29.6 Å². The van der Waals surface area contributed by atoms with Gasteiger partial charge in [0.15, 0.2) is 0 Å². The Hall–Kier alpha value is -1.13. The summed E-state index contributed by atoms with van der Waals surface area (Å²) in [5.41, 5.74) is 1.93. The number of halogens is 1. The number of likely N-dealkylation sites (N-methyl/N-ethyl adjacent to an activating group) is 1. The summed E-state index contributed by atoms with van der Waals surface area (Å²) in [6, 6.07) is 5.42. The first-order valence-corrected chi connectivity index (χ1v) is 6.47. The van der Waals surface area contributed by atoms with Crippen LogP contribution in [-0.4, -0.2) is 30.8 Å². The second-order valence-electron chi connectivity index (χ2n) is 5.16. The smallest absolute Gasteiger partial charge is 0.123 e.